The maximum Gasteiger partial charge on any atom is 0.321 e. The van der Waals surface area contributed by atoms with Gasteiger partial charge >= 0.3 is 6.03 Å². The number of anilines is 1. The average Bonchev–Trinajstić information content (AvgIpc) is 3.26. The van der Waals surface area contributed by atoms with E-state index in [0.717, 1.165) is 13.1 Å². The third-order valence-corrected chi connectivity index (χ3v) is 5.59. The maximum atomic E-state index is 12.6. The van der Waals surface area contributed by atoms with E-state index in [-0.39, 0.29) is 11.9 Å². The Bertz CT molecular complexity index is 695. The highest BCUT2D eigenvalue weighted by molar-refractivity contribution is 5.95. The Hall–Kier alpha value is -2.37. The van der Waals surface area contributed by atoms with Crippen LogP contribution in [0.25, 0.3) is 0 Å². The van der Waals surface area contributed by atoms with Crippen LogP contribution in [0.1, 0.15) is 16.9 Å². The number of aromatic nitrogens is 1. The van der Waals surface area contributed by atoms with E-state index in [1.807, 2.05) is 4.90 Å². The first-order chi connectivity index (χ1) is 11.5. The van der Waals surface area contributed by atoms with Crippen molar-refractivity contribution in [1.82, 2.24) is 14.8 Å². The molecule has 2 unspecified atom stereocenters. The SMILES string of the molecule is CN(C)C(=O)c1cc(NC(=O)N2C[C@@H]3C4C=CC(C4)[C@@H]3C2)ccn1. The Morgan fingerprint density at radius 3 is 2.50 bits per heavy atom. The molecule has 0 spiro atoms. The molecule has 1 N–H and O–H groups in total. The van der Waals surface area contributed by atoms with Crippen LogP contribution in [0.15, 0.2) is 30.5 Å². The van der Waals surface area contributed by atoms with E-state index >= 15 is 0 Å². The number of pyridine rings is 1. The molecule has 3 aliphatic rings. The largest absolute Gasteiger partial charge is 0.343 e. The molecule has 3 amide bonds. The topological polar surface area (TPSA) is 65.5 Å². The van der Waals surface area contributed by atoms with Gasteiger partial charge in [0.15, 0.2) is 0 Å². The minimum atomic E-state index is -0.176. The van der Waals surface area contributed by atoms with Gasteiger partial charge in [-0.05, 0) is 42.2 Å². The van der Waals surface area contributed by atoms with E-state index in [9.17, 15) is 9.59 Å². The third kappa shape index (κ3) is 2.46. The molecule has 0 radical (unpaired) electrons. The highest BCUT2D eigenvalue weighted by Crippen LogP contribution is 2.51. The number of rotatable bonds is 2. The van der Waals surface area contributed by atoms with E-state index in [0.29, 0.717) is 35.1 Å². The number of nitrogens with zero attached hydrogens (tertiary/aromatic N) is 3. The van der Waals surface area contributed by atoms with Gasteiger partial charge in [0.25, 0.3) is 5.91 Å². The molecule has 1 saturated carbocycles. The van der Waals surface area contributed by atoms with Crippen molar-refractivity contribution in [2.75, 3.05) is 32.5 Å². The van der Waals surface area contributed by atoms with Crippen molar-refractivity contribution >= 4 is 17.6 Å². The number of carbonyl (C=O) groups is 2. The van der Waals surface area contributed by atoms with Gasteiger partial charge in [-0.1, -0.05) is 12.2 Å². The molecule has 1 aromatic rings. The molecule has 126 valence electrons. The molecule has 1 saturated heterocycles. The smallest absolute Gasteiger partial charge is 0.321 e. The van der Waals surface area contributed by atoms with E-state index < -0.39 is 0 Å². The quantitative estimate of drug-likeness (QED) is 0.846. The summed E-state index contributed by atoms with van der Waals surface area (Å²) in [5, 5.41) is 2.91. The summed E-state index contributed by atoms with van der Waals surface area (Å²) in [4.78, 5) is 32.0. The minimum absolute atomic E-state index is 0.0850. The van der Waals surface area contributed by atoms with Crippen molar-refractivity contribution in [2.45, 2.75) is 6.42 Å². The van der Waals surface area contributed by atoms with Crippen molar-refractivity contribution < 1.29 is 9.59 Å². The van der Waals surface area contributed by atoms with Crippen LogP contribution in [0.5, 0.6) is 0 Å². The van der Waals surface area contributed by atoms with Crippen LogP contribution in [0.4, 0.5) is 10.5 Å². The first kappa shape index (κ1) is 15.2. The van der Waals surface area contributed by atoms with E-state index in [1.165, 1.54) is 11.3 Å². The summed E-state index contributed by atoms with van der Waals surface area (Å²) in [5.41, 5.74) is 0.941. The highest BCUT2D eigenvalue weighted by Gasteiger charge is 2.50. The monoisotopic (exact) mass is 326 g/mol. The first-order valence-corrected chi connectivity index (χ1v) is 8.45. The number of hydrogen-bond donors (Lipinski definition) is 1. The summed E-state index contributed by atoms with van der Waals surface area (Å²) in [7, 11) is 3.36. The van der Waals surface area contributed by atoms with Crippen molar-refractivity contribution in [3.8, 4) is 0 Å². The second-order valence-corrected chi connectivity index (χ2v) is 7.24. The zero-order valence-corrected chi connectivity index (χ0v) is 14.0. The molecule has 4 atom stereocenters. The number of allylic oxidation sites excluding steroid dienone is 2. The third-order valence-electron chi connectivity index (χ3n) is 5.59. The standard InChI is InChI=1S/C18H22N4O2/c1-21(2)17(23)16-8-13(5-6-19-16)20-18(24)22-9-14-11-3-4-12(7-11)15(14)10-22/h3-6,8,11-12,14-15H,7,9-10H2,1-2H3,(H,19,20,24)/t11?,12?,14-,15+. The summed E-state index contributed by atoms with van der Waals surface area (Å²) in [6.07, 6.45) is 7.48. The van der Waals surface area contributed by atoms with E-state index in [1.54, 1.807) is 32.4 Å². The van der Waals surface area contributed by atoms with Crippen molar-refractivity contribution in [2.24, 2.45) is 23.7 Å². The predicted octanol–water partition coefficient (Wildman–Crippen LogP) is 2.07. The van der Waals surface area contributed by atoms with Crippen LogP contribution in [0.2, 0.25) is 0 Å². The van der Waals surface area contributed by atoms with Crippen molar-refractivity contribution in [1.29, 1.82) is 0 Å². The normalized spacial score (nSPS) is 29.7. The number of urea groups is 1. The Morgan fingerprint density at radius 1 is 1.21 bits per heavy atom. The predicted molar refractivity (Wildman–Crippen MR) is 90.6 cm³/mol. The van der Waals surface area contributed by atoms with Gasteiger partial charge in [-0.25, -0.2) is 4.79 Å². The Kier molecular flexibility index (Phi) is 3.55. The molecule has 6 heteroatoms. The number of hydrogen-bond acceptors (Lipinski definition) is 3. The summed E-state index contributed by atoms with van der Waals surface area (Å²) >= 11 is 0. The Labute approximate surface area is 141 Å². The minimum Gasteiger partial charge on any atom is -0.343 e. The summed E-state index contributed by atoms with van der Waals surface area (Å²) in [6, 6.07) is 3.26. The van der Waals surface area contributed by atoms with Crippen LogP contribution >= 0.6 is 0 Å². The lowest BCUT2D eigenvalue weighted by Gasteiger charge is -2.19. The Balaban J connectivity index is 1.42. The van der Waals surface area contributed by atoms with Crippen LogP contribution in [0.3, 0.4) is 0 Å². The van der Waals surface area contributed by atoms with Crippen LogP contribution in [0, 0.1) is 23.7 Å². The van der Waals surface area contributed by atoms with Gasteiger partial charge in [0.1, 0.15) is 5.69 Å². The second-order valence-electron chi connectivity index (χ2n) is 7.24. The summed E-state index contributed by atoms with van der Waals surface area (Å²) < 4.78 is 0. The van der Waals surface area contributed by atoms with Crippen molar-refractivity contribution in [3.63, 3.8) is 0 Å². The molecule has 2 aliphatic carbocycles. The molecule has 0 aromatic carbocycles. The summed E-state index contributed by atoms with van der Waals surface area (Å²) in [6.45, 7) is 1.66. The fourth-order valence-electron chi connectivity index (χ4n) is 4.37. The van der Waals surface area contributed by atoms with Gasteiger partial charge in [-0.3, -0.25) is 9.78 Å². The Morgan fingerprint density at radius 2 is 1.88 bits per heavy atom. The van der Waals surface area contributed by atoms with Gasteiger partial charge in [0.2, 0.25) is 0 Å². The molecule has 4 rings (SSSR count). The number of nitrogens with one attached hydrogen (secondary N) is 1. The van der Waals surface area contributed by atoms with Gasteiger partial charge in [0.05, 0.1) is 0 Å². The zero-order valence-electron chi connectivity index (χ0n) is 14.0. The number of likely N-dealkylation sites (tertiary alicyclic amines) is 1. The van der Waals surface area contributed by atoms with Crippen LogP contribution in [-0.4, -0.2) is 53.9 Å². The fourth-order valence-corrected chi connectivity index (χ4v) is 4.37. The zero-order chi connectivity index (χ0) is 16.8. The lowest BCUT2D eigenvalue weighted by atomic mass is 9.86. The molecule has 1 aromatic heterocycles. The first-order valence-electron chi connectivity index (χ1n) is 8.45. The van der Waals surface area contributed by atoms with E-state index in [4.69, 9.17) is 0 Å². The van der Waals surface area contributed by atoms with Gasteiger partial charge in [-0.2, -0.15) is 0 Å². The maximum absolute atomic E-state index is 12.6. The number of fused-ring (bicyclic) bond motifs is 5. The summed E-state index contributed by atoms with van der Waals surface area (Å²) in [5.74, 6) is 2.37. The van der Waals surface area contributed by atoms with E-state index in [2.05, 4.69) is 22.5 Å². The second kappa shape index (κ2) is 5.61. The molecular formula is C18H22N4O2. The van der Waals surface area contributed by atoms with Gasteiger partial charge in [-0.15, -0.1) is 0 Å². The lowest BCUT2D eigenvalue weighted by Crippen LogP contribution is -2.34. The number of carbonyl (C=O) groups excluding carboxylic acids is 2. The molecule has 24 heavy (non-hydrogen) atoms. The molecule has 2 heterocycles. The highest BCUT2D eigenvalue weighted by atomic mass is 16.2. The average molecular weight is 326 g/mol. The molecule has 2 fully saturated rings. The molecule has 2 bridgehead atoms. The lowest BCUT2D eigenvalue weighted by molar-refractivity contribution is 0.0822. The van der Waals surface area contributed by atoms with Crippen LogP contribution < -0.4 is 5.32 Å². The van der Waals surface area contributed by atoms with Crippen molar-refractivity contribution in [3.05, 3.63) is 36.2 Å². The number of amides is 3. The van der Waals surface area contributed by atoms with Gasteiger partial charge in [0, 0.05) is 39.1 Å². The fraction of sp³-hybridized carbons (Fsp3) is 0.500. The molecule has 1 aliphatic heterocycles. The molecule has 6 nitrogen and oxygen atoms in total. The van der Waals surface area contributed by atoms with Crippen LogP contribution in [-0.2, 0) is 0 Å². The van der Waals surface area contributed by atoms with Gasteiger partial charge < -0.3 is 15.1 Å². The molecular weight excluding hydrogens is 304 g/mol.